The van der Waals surface area contributed by atoms with Gasteiger partial charge in [-0.3, -0.25) is 0 Å². The minimum atomic E-state index is -4.74. The highest BCUT2D eigenvalue weighted by Gasteiger charge is 2.37. The molecular formula is C14H16F3N3O2S. The number of imidazole rings is 1. The van der Waals surface area contributed by atoms with E-state index in [-0.39, 0.29) is 6.54 Å². The molecule has 0 fully saturated rings. The van der Waals surface area contributed by atoms with Gasteiger partial charge in [0.05, 0.1) is 16.8 Å². The van der Waals surface area contributed by atoms with Crippen molar-refractivity contribution in [3.8, 4) is 0 Å². The number of rotatable bonds is 6. The first-order valence-corrected chi connectivity index (χ1v) is 8.36. The zero-order chi connectivity index (χ0) is 17.1. The van der Waals surface area contributed by atoms with E-state index < -0.39 is 32.7 Å². The van der Waals surface area contributed by atoms with Crippen LogP contribution in [-0.2, 0) is 22.7 Å². The van der Waals surface area contributed by atoms with E-state index in [0.29, 0.717) is 6.42 Å². The minimum Gasteiger partial charge on any atom is -0.336 e. The zero-order valence-corrected chi connectivity index (χ0v) is 13.1. The molecule has 0 aliphatic rings. The molecule has 126 valence electrons. The number of nitrogens with zero attached hydrogens (tertiary/aromatic N) is 2. The molecule has 1 heterocycles. The molecule has 9 heteroatoms. The quantitative estimate of drug-likeness (QED) is 0.874. The van der Waals surface area contributed by atoms with E-state index in [4.69, 9.17) is 0 Å². The third-order valence-electron chi connectivity index (χ3n) is 3.29. The SMILES string of the molecule is CCC(Cn1ccnc1)NS(=O)(=O)c1ccccc1C(F)(F)F. The second-order valence-electron chi connectivity index (χ2n) is 4.98. The van der Waals surface area contributed by atoms with Crippen LogP contribution in [0.1, 0.15) is 18.9 Å². The third-order valence-corrected chi connectivity index (χ3v) is 4.87. The molecule has 0 saturated carbocycles. The Labute approximate surface area is 132 Å². The van der Waals surface area contributed by atoms with Crippen molar-refractivity contribution in [3.05, 3.63) is 48.5 Å². The standard InChI is InChI=1S/C14H16F3N3O2S/c1-2-11(9-20-8-7-18-10-20)19-23(21,22)13-6-4-3-5-12(13)14(15,16)17/h3-8,10-11,19H,2,9H2,1H3. The molecule has 1 atom stereocenters. The number of sulfonamides is 1. The molecule has 0 amide bonds. The van der Waals surface area contributed by atoms with Gasteiger partial charge in [0, 0.05) is 25.0 Å². The van der Waals surface area contributed by atoms with E-state index in [9.17, 15) is 21.6 Å². The normalized spacial score (nSPS) is 13.9. The van der Waals surface area contributed by atoms with E-state index in [2.05, 4.69) is 9.71 Å². The number of alkyl halides is 3. The van der Waals surface area contributed by atoms with E-state index in [0.717, 1.165) is 18.2 Å². The van der Waals surface area contributed by atoms with Crippen LogP contribution >= 0.6 is 0 Å². The number of halogens is 3. The Morgan fingerprint density at radius 1 is 1.30 bits per heavy atom. The second kappa shape index (κ2) is 6.71. The van der Waals surface area contributed by atoms with Crippen LogP contribution in [0.3, 0.4) is 0 Å². The van der Waals surface area contributed by atoms with Gasteiger partial charge in [-0.15, -0.1) is 0 Å². The first kappa shape index (κ1) is 17.5. The van der Waals surface area contributed by atoms with Crippen LogP contribution in [0.25, 0.3) is 0 Å². The molecule has 1 aromatic heterocycles. The molecule has 1 unspecified atom stereocenters. The fourth-order valence-electron chi connectivity index (χ4n) is 2.12. The van der Waals surface area contributed by atoms with Gasteiger partial charge in [-0.05, 0) is 18.6 Å². The maximum atomic E-state index is 13.0. The topological polar surface area (TPSA) is 64.0 Å². The van der Waals surface area contributed by atoms with Gasteiger partial charge in [-0.1, -0.05) is 19.1 Å². The van der Waals surface area contributed by atoms with Crippen molar-refractivity contribution in [1.29, 1.82) is 0 Å². The first-order chi connectivity index (χ1) is 10.7. The van der Waals surface area contributed by atoms with Crippen molar-refractivity contribution in [2.45, 2.75) is 37.0 Å². The Morgan fingerprint density at radius 3 is 2.57 bits per heavy atom. The summed E-state index contributed by atoms with van der Waals surface area (Å²) in [5, 5.41) is 0. The van der Waals surface area contributed by atoms with Crippen LogP contribution in [0.5, 0.6) is 0 Å². The number of nitrogens with one attached hydrogen (secondary N) is 1. The van der Waals surface area contributed by atoms with Gasteiger partial charge in [-0.25, -0.2) is 18.1 Å². The molecule has 0 radical (unpaired) electrons. The average molecular weight is 347 g/mol. The van der Waals surface area contributed by atoms with Gasteiger partial charge in [-0.2, -0.15) is 13.2 Å². The van der Waals surface area contributed by atoms with Gasteiger partial charge in [0.25, 0.3) is 0 Å². The summed E-state index contributed by atoms with van der Waals surface area (Å²) in [6, 6.07) is 3.58. The highest BCUT2D eigenvalue weighted by Crippen LogP contribution is 2.33. The Balaban J connectivity index is 2.28. The summed E-state index contributed by atoms with van der Waals surface area (Å²) in [7, 11) is -4.29. The maximum Gasteiger partial charge on any atom is 0.417 e. The Morgan fingerprint density at radius 2 is 2.00 bits per heavy atom. The average Bonchev–Trinajstić information content (AvgIpc) is 2.98. The third kappa shape index (κ3) is 4.32. The molecule has 23 heavy (non-hydrogen) atoms. The van der Waals surface area contributed by atoms with Crippen LogP contribution in [-0.4, -0.2) is 24.0 Å². The van der Waals surface area contributed by atoms with Crippen molar-refractivity contribution in [2.75, 3.05) is 0 Å². The van der Waals surface area contributed by atoms with Crippen molar-refractivity contribution in [3.63, 3.8) is 0 Å². The Bertz CT molecular complexity index is 743. The monoisotopic (exact) mass is 347 g/mol. The van der Waals surface area contributed by atoms with Crippen molar-refractivity contribution in [1.82, 2.24) is 14.3 Å². The van der Waals surface area contributed by atoms with Crippen LogP contribution in [0.4, 0.5) is 13.2 Å². The molecule has 0 bridgehead atoms. The lowest BCUT2D eigenvalue weighted by molar-refractivity contribution is -0.139. The van der Waals surface area contributed by atoms with Crippen LogP contribution in [0.15, 0.2) is 47.9 Å². The summed E-state index contributed by atoms with van der Waals surface area (Å²) in [6.45, 7) is 2.03. The predicted molar refractivity (Wildman–Crippen MR) is 78.1 cm³/mol. The molecule has 0 saturated heterocycles. The van der Waals surface area contributed by atoms with E-state index >= 15 is 0 Å². The van der Waals surface area contributed by atoms with Gasteiger partial charge in [0.1, 0.15) is 0 Å². The minimum absolute atomic E-state index is 0.282. The van der Waals surface area contributed by atoms with Crippen LogP contribution < -0.4 is 4.72 Å². The summed E-state index contributed by atoms with van der Waals surface area (Å²) in [5.74, 6) is 0. The fourth-order valence-corrected chi connectivity index (χ4v) is 3.65. The largest absolute Gasteiger partial charge is 0.417 e. The Hall–Kier alpha value is -1.87. The molecule has 5 nitrogen and oxygen atoms in total. The van der Waals surface area contributed by atoms with Crippen LogP contribution in [0.2, 0.25) is 0 Å². The van der Waals surface area contributed by atoms with Crippen molar-refractivity contribution in [2.24, 2.45) is 0 Å². The van der Waals surface area contributed by atoms with Crippen LogP contribution in [0, 0.1) is 0 Å². The molecule has 0 spiro atoms. The number of hydrogen-bond acceptors (Lipinski definition) is 3. The first-order valence-electron chi connectivity index (χ1n) is 6.88. The lowest BCUT2D eigenvalue weighted by Crippen LogP contribution is -2.38. The van der Waals surface area contributed by atoms with Gasteiger partial charge >= 0.3 is 6.18 Å². The fraction of sp³-hybridized carbons (Fsp3) is 0.357. The second-order valence-corrected chi connectivity index (χ2v) is 6.66. The van der Waals surface area contributed by atoms with E-state index in [1.165, 1.54) is 12.4 Å². The number of benzene rings is 1. The molecule has 2 rings (SSSR count). The molecule has 1 N–H and O–H groups in total. The molecule has 2 aromatic rings. The molecule has 0 aliphatic heterocycles. The van der Waals surface area contributed by atoms with Crippen molar-refractivity contribution >= 4 is 10.0 Å². The predicted octanol–water partition coefficient (Wildman–Crippen LogP) is 2.66. The smallest absolute Gasteiger partial charge is 0.336 e. The van der Waals surface area contributed by atoms with E-state index in [1.54, 1.807) is 23.9 Å². The highest BCUT2D eigenvalue weighted by atomic mass is 32.2. The summed E-state index contributed by atoms with van der Waals surface area (Å²) in [5.41, 5.74) is -1.18. The number of hydrogen-bond donors (Lipinski definition) is 1. The maximum absolute atomic E-state index is 13.0. The summed E-state index contributed by atoms with van der Waals surface area (Å²) in [4.78, 5) is 3.08. The van der Waals surface area contributed by atoms with Gasteiger partial charge in [0.15, 0.2) is 0 Å². The summed E-state index contributed by atoms with van der Waals surface area (Å²) >= 11 is 0. The molecule has 1 aromatic carbocycles. The molecular weight excluding hydrogens is 331 g/mol. The summed E-state index contributed by atoms with van der Waals surface area (Å²) < 4.78 is 67.7. The van der Waals surface area contributed by atoms with E-state index in [1.807, 2.05) is 0 Å². The number of aromatic nitrogens is 2. The van der Waals surface area contributed by atoms with Crippen molar-refractivity contribution < 1.29 is 21.6 Å². The zero-order valence-electron chi connectivity index (χ0n) is 12.3. The Kier molecular flexibility index (Phi) is 5.10. The lowest BCUT2D eigenvalue weighted by Gasteiger charge is -2.19. The summed E-state index contributed by atoms with van der Waals surface area (Å²) in [6.07, 6.45) is 0.393. The van der Waals surface area contributed by atoms with Gasteiger partial charge in [0.2, 0.25) is 10.0 Å². The molecule has 0 aliphatic carbocycles. The lowest BCUT2D eigenvalue weighted by atomic mass is 10.2. The highest BCUT2D eigenvalue weighted by molar-refractivity contribution is 7.89. The van der Waals surface area contributed by atoms with Gasteiger partial charge < -0.3 is 4.57 Å².